The maximum atomic E-state index is 13.0. The number of esters is 1. The van der Waals surface area contributed by atoms with Crippen LogP contribution in [0.2, 0.25) is 5.02 Å². The van der Waals surface area contributed by atoms with Crippen molar-refractivity contribution in [2.75, 3.05) is 13.7 Å². The summed E-state index contributed by atoms with van der Waals surface area (Å²) < 4.78 is 16.3. The van der Waals surface area contributed by atoms with E-state index in [0.717, 1.165) is 22.9 Å². The van der Waals surface area contributed by atoms with Crippen LogP contribution in [0, 0.1) is 6.92 Å². The van der Waals surface area contributed by atoms with Crippen LogP contribution >= 0.6 is 23.4 Å². The van der Waals surface area contributed by atoms with E-state index in [2.05, 4.69) is 0 Å². The third kappa shape index (κ3) is 6.15. The first-order valence-electron chi connectivity index (χ1n) is 11.4. The van der Waals surface area contributed by atoms with Crippen molar-refractivity contribution in [3.8, 4) is 17.2 Å². The van der Waals surface area contributed by atoms with E-state index >= 15 is 0 Å². The Kier molecular flexibility index (Phi) is 8.21. The van der Waals surface area contributed by atoms with Gasteiger partial charge >= 0.3 is 5.97 Å². The number of ether oxygens (including phenoxy) is 3. The standard InChI is InChI=1S/C28H24ClNO6S/c1-4-35-23-14-19(13-22(29)25(23)36-27(32)20-9-11-21(34-3)12-10-20)15-24-26(31)30(28(33)37-24)16-18-7-5-17(2)6-8-18/h5-15H,4,16H2,1-3H3/b24-15-. The van der Waals surface area contributed by atoms with Crippen LogP contribution in [0.3, 0.4) is 0 Å². The fourth-order valence-corrected chi connectivity index (χ4v) is 4.67. The minimum atomic E-state index is -0.615. The number of thioether (sulfide) groups is 1. The average Bonchev–Trinajstić information content (AvgIpc) is 3.14. The number of amides is 2. The number of aryl methyl sites for hydroxylation is 1. The largest absolute Gasteiger partial charge is 0.497 e. The zero-order valence-electron chi connectivity index (χ0n) is 20.4. The molecule has 7 nitrogen and oxygen atoms in total. The molecule has 4 rings (SSSR count). The first-order chi connectivity index (χ1) is 17.8. The van der Waals surface area contributed by atoms with Crippen molar-refractivity contribution in [2.45, 2.75) is 20.4 Å². The maximum absolute atomic E-state index is 13.0. The molecule has 1 fully saturated rings. The molecule has 1 saturated heterocycles. The average molecular weight is 538 g/mol. The number of hydrogen-bond acceptors (Lipinski definition) is 7. The zero-order chi connectivity index (χ0) is 26.5. The number of carbonyl (C=O) groups is 3. The molecule has 0 aromatic heterocycles. The second-order valence-corrected chi connectivity index (χ2v) is 9.53. The quantitative estimate of drug-likeness (QED) is 0.184. The van der Waals surface area contributed by atoms with E-state index in [1.165, 1.54) is 12.0 Å². The number of methoxy groups -OCH3 is 1. The molecule has 1 heterocycles. The summed E-state index contributed by atoms with van der Waals surface area (Å²) in [6.07, 6.45) is 1.57. The molecule has 37 heavy (non-hydrogen) atoms. The van der Waals surface area contributed by atoms with Crippen LogP contribution in [-0.4, -0.2) is 35.7 Å². The molecule has 2 amide bonds. The van der Waals surface area contributed by atoms with Crippen LogP contribution < -0.4 is 14.2 Å². The van der Waals surface area contributed by atoms with Gasteiger partial charge < -0.3 is 14.2 Å². The SMILES string of the molecule is CCOc1cc(/C=C2\SC(=O)N(Cc3ccc(C)cc3)C2=O)cc(Cl)c1OC(=O)c1ccc(OC)cc1. The number of carbonyl (C=O) groups excluding carboxylic acids is 3. The molecule has 1 aliphatic heterocycles. The van der Waals surface area contributed by atoms with Crippen molar-refractivity contribution in [2.24, 2.45) is 0 Å². The minimum absolute atomic E-state index is 0.0639. The van der Waals surface area contributed by atoms with Gasteiger partial charge in [0.2, 0.25) is 0 Å². The number of hydrogen-bond donors (Lipinski definition) is 0. The lowest BCUT2D eigenvalue weighted by molar-refractivity contribution is -0.123. The van der Waals surface area contributed by atoms with Gasteiger partial charge in [0.15, 0.2) is 11.5 Å². The van der Waals surface area contributed by atoms with Crippen LogP contribution in [0.1, 0.15) is 34.0 Å². The highest BCUT2D eigenvalue weighted by molar-refractivity contribution is 8.18. The molecule has 3 aromatic rings. The topological polar surface area (TPSA) is 82.1 Å². The Morgan fingerprint density at radius 2 is 1.76 bits per heavy atom. The van der Waals surface area contributed by atoms with Gasteiger partial charge in [-0.05, 0) is 79.2 Å². The van der Waals surface area contributed by atoms with Crippen LogP contribution in [0.25, 0.3) is 6.08 Å². The van der Waals surface area contributed by atoms with Gasteiger partial charge in [-0.15, -0.1) is 0 Å². The molecule has 0 aliphatic carbocycles. The van der Waals surface area contributed by atoms with Gasteiger partial charge in [-0.1, -0.05) is 41.4 Å². The molecule has 0 unspecified atom stereocenters. The summed E-state index contributed by atoms with van der Waals surface area (Å²) in [7, 11) is 1.54. The Bertz CT molecular complexity index is 1370. The molecule has 0 spiro atoms. The fourth-order valence-electron chi connectivity index (χ4n) is 3.58. The number of benzene rings is 3. The van der Waals surface area contributed by atoms with Crippen LogP contribution in [0.4, 0.5) is 4.79 Å². The second kappa shape index (κ2) is 11.5. The highest BCUT2D eigenvalue weighted by atomic mass is 35.5. The Morgan fingerprint density at radius 1 is 1.05 bits per heavy atom. The Hall–Kier alpha value is -3.75. The predicted octanol–water partition coefficient (Wildman–Crippen LogP) is 6.51. The van der Waals surface area contributed by atoms with E-state index < -0.39 is 5.97 Å². The van der Waals surface area contributed by atoms with Crippen molar-refractivity contribution >= 4 is 46.6 Å². The molecular formula is C28H24ClNO6S. The molecule has 0 bridgehead atoms. The van der Waals surface area contributed by atoms with Gasteiger partial charge in [0, 0.05) is 0 Å². The molecule has 1 aliphatic rings. The van der Waals surface area contributed by atoms with E-state index in [-0.39, 0.29) is 39.1 Å². The first kappa shape index (κ1) is 26.3. The normalized spacial score (nSPS) is 14.3. The Morgan fingerprint density at radius 3 is 2.41 bits per heavy atom. The minimum Gasteiger partial charge on any atom is -0.497 e. The lowest BCUT2D eigenvalue weighted by Crippen LogP contribution is -2.27. The smallest absolute Gasteiger partial charge is 0.343 e. The summed E-state index contributed by atoms with van der Waals surface area (Å²) in [4.78, 5) is 39.7. The number of halogens is 1. The molecule has 3 aromatic carbocycles. The van der Waals surface area contributed by atoms with Gasteiger partial charge in [-0.25, -0.2) is 4.79 Å². The van der Waals surface area contributed by atoms with Crippen LogP contribution in [0.15, 0.2) is 65.6 Å². The monoisotopic (exact) mass is 537 g/mol. The molecule has 9 heteroatoms. The number of imide groups is 1. The zero-order valence-corrected chi connectivity index (χ0v) is 22.0. The second-order valence-electron chi connectivity index (χ2n) is 8.13. The molecule has 0 atom stereocenters. The Labute approximate surface area is 224 Å². The molecule has 0 radical (unpaired) electrons. The Balaban J connectivity index is 1.56. The van der Waals surface area contributed by atoms with Crippen molar-refractivity contribution < 1.29 is 28.6 Å². The van der Waals surface area contributed by atoms with Gasteiger partial charge in [-0.2, -0.15) is 0 Å². The lowest BCUT2D eigenvalue weighted by Gasteiger charge is -2.14. The van der Waals surface area contributed by atoms with E-state index in [4.69, 9.17) is 25.8 Å². The molecule has 0 saturated carbocycles. The van der Waals surface area contributed by atoms with E-state index in [9.17, 15) is 14.4 Å². The van der Waals surface area contributed by atoms with Crippen molar-refractivity contribution in [1.29, 1.82) is 0 Å². The number of nitrogens with zero attached hydrogens (tertiary/aromatic N) is 1. The van der Waals surface area contributed by atoms with Gasteiger partial charge in [0.25, 0.3) is 11.1 Å². The van der Waals surface area contributed by atoms with E-state index in [0.29, 0.717) is 23.5 Å². The lowest BCUT2D eigenvalue weighted by atomic mass is 10.1. The highest BCUT2D eigenvalue weighted by Gasteiger charge is 2.35. The summed E-state index contributed by atoms with van der Waals surface area (Å²) in [5, 5.41) is -0.226. The van der Waals surface area contributed by atoms with E-state index in [1.807, 2.05) is 31.2 Å². The summed E-state index contributed by atoms with van der Waals surface area (Å²) in [6.45, 7) is 4.24. The van der Waals surface area contributed by atoms with Crippen molar-refractivity contribution in [3.05, 3.63) is 92.8 Å². The van der Waals surface area contributed by atoms with Gasteiger partial charge in [-0.3, -0.25) is 14.5 Å². The summed E-state index contributed by atoms with van der Waals surface area (Å²) in [5.74, 6) is -0.0941. The van der Waals surface area contributed by atoms with E-state index in [1.54, 1.807) is 49.4 Å². The van der Waals surface area contributed by atoms with Crippen molar-refractivity contribution in [3.63, 3.8) is 0 Å². The van der Waals surface area contributed by atoms with Crippen molar-refractivity contribution in [1.82, 2.24) is 4.90 Å². The van der Waals surface area contributed by atoms with Crippen LogP contribution in [0.5, 0.6) is 17.2 Å². The molecular weight excluding hydrogens is 514 g/mol. The predicted molar refractivity (Wildman–Crippen MR) is 143 cm³/mol. The van der Waals surface area contributed by atoms with Gasteiger partial charge in [0.05, 0.1) is 35.8 Å². The fraction of sp³-hybridized carbons (Fsp3) is 0.179. The third-order valence-electron chi connectivity index (χ3n) is 5.48. The summed E-state index contributed by atoms with van der Waals surface area (Å²) in [5.41, 5.74) is 2.79. The number of rotatable bonds is 8. The third-order valence-corrected chi connectivity index (χ3v) is 6.67. The first-order valence-corrected chi connectivity index (χ1v) is 12.6. The van der Waals surface area contributed by atoms with Gasteiger partial charge in [0.1, 0.15) is 5.75 Å². The van der Waals surface area contributed by atoms with Crippen LogP contribution in [-0.2, 0) is 11.3 Å². The highest BCUT2D eigenvalue weighted by Crippen LogP contribution is 2.40. The summed E-state index contributed by atoms with van der Waals surface area (Å²) >= 11 is 7.33. The molecule has 0 N–H and O–H groups in total. The summed E-state index contributed by atoms with van der Waals surface area (Å²) in [6, 6.07) is 17.3. The molecule has 190 valence electrons. The maximum Gasteiger partial charge on any atom is 0.343 e.